The quantitative estimate of drug-likeness (QED) is 0.584. The number of hydrogen-bond acceptors (Lipinski definition) is 4. The van der Waals surface area contributed by atoms with E-state index < -0.39 is 0 Å². The van der Waals surface area contributed by atoms with E-state index in [1.54, 1.807) is 30.3 Å². The Morgan fingerprint density at radius 2 is 1.73 bits per heavy atom. The van der Waals surface area contributed by atoms with Crippen molar-refractivity contribution in [1.29, 1.82) is 0 Å². The number of nitrogen functional groups attached to an aromatic ring is 1. The Bertz CT molecular complexity index is 482. The van der Waals surface area contributed by atoms with Gasteiger partial charge in [-0.3, -0.25) is 4.79 Å². The van der Waals surface area contributed by atoms with E-state index in [4.69, 9.17) is 5.73 Å². The number of nitrogens with zero attached hydrogens (tertiary/aromatic N) is 2. The highest BCUT2D eigenvalue weighted by Crippen LogP contribution is 2.13. The topological polar surface area (TPSA) is 68.9 Å². The molecular weight excluding hydrogens is 190 g/mol. The van der Waals surface area contributed by atoms with Gasteiger partial charge in [-0.25, -0.2) is 9.97 Å². The summed E-state index contributed by atoms with van der Waals surface area (Å²) in [6.07, 6.45) is 3.05. The van der Waals surface area contributed by atoms with Gasteiger partial charge in [-0.1, -0.05) is 12.1 Å². The summed E-state index contributed by atoms with van der Waals surface area (Å²) in [5.74, 6) is -0.0934. The van der Waals surface area contributed by atoms with Gasteiger partial charge in [0.1, 0.15) is 0 Å². The number of rotatable bonds is 2. The maximum absolute atomic E-state index is 11.9. The van der Waals surface area contributed by atoms with E-state index >= 15 is 0 Å². The van der Waals surface area contributed by atoms with E-state index in [2.05, 4.69) is 9.97 Å². The van der Waals surface area contributed by atoms with Gasteiger partial charge in [-0.15, -0.1) is 0 Å². The normalized spacial score (nSPS) is 9.87. The minimum atomic E-state index is -0.256. The smallest absolute Gasteiger partial charge is 0.232 e. The summed E-state index contributed by atoms with van der Waals surface area (Å²) in [6.45, 7) is 0. The second-order valence-corrected chi connectivity index (χ2v) is 2.99. The first-order valence-electron chi connectivity index (χ1n) is 4.45. The van der Waals surface area contributed by atoms with Crippen LogP contribution in [0.25, 0.3) is 0 Å². The second kappa shape index (κ2) is 3.88. The molecule has 0 aliphatic carbocycles. The fourth-order valence-corrected chi connectivity index (χ4v) is 1.24. The summed E-state index contributed by atoms with van der Waals surface area (Å²) in [6, 6.07) is 8.53. The standard InChI is InChI=1S/C11H9N3O/c12-9-5-2-1-4-8(9)10(15)11-13-6-3-7-14-11/h1-7H,12H2. The Balaban J connectivity index is 2.42. The van der Waals surface area contributed by atoms with Crippen molar-refractivity contribution in [3.8, 4) is 0 Å². The maximum Gasteiger partial charge on any atom is 0.232 e. The number of anilines is 1. The maximum atomic E-state index is 11.9. The van der Waals surface area contributed by atoms with Gasteiger partial charge in [-0.05, 0) is 18.2 Å². The third-order valence-electron chi connectivity index (χ3n) is 1.97. The van der Waals surface area contributed by atoms with Crippen molar-refractivity contribution in [3.63, 3.8) is 0 Å². The molecule has 1 aromatic heterocycles. The summed E-state index contributed by atoms with van der Waals surface area (Å²) in [5, 5.41) is 0. The van der Waals surface area contributed by atoms with Gasteiger partial charge in [0, 0.05) is 23.6 Å². The summed E-state index contributed by atoms with van der Waals surface area (Å²) < 4.78 is 0. The number of benzene rings is 1. The Morgan fingerprint density at radius 3 is 2.40 bits per heavy atom. The number of nitrogens with two attached hydrogens (primary N) is 1. The van der Waals surface area contributed by atoms with Gasteiger partial charge < -0.3 is 5.73 Å². The van der Waals surface area contributed by atoms with Crippen LogP contribution < -0.4 is 5.73 Å². The van der Waals surface area contributed by atoms with E-state index in [1.807, 2.05) is 0 Å². The van der Waals surface area contributed by atoms with Gasteiger partial charge >= 0.3 is 0 Å². The van der Waals surface area contributed by atoms with Gasteiger partial charge in [0.15, 0.2) is 0 Å². The number of ketones is 1. The first-order chi connectivity index (χ1) is 7.29. The van der Waals surface area contributed by atoms with Crippen molar-refractivity contribution in [2.45, 2.75) is 0 Å². The molecule has 15 heavy (non-hydrogen) atoms. The predicted molar refractivity (Wildman–Crippen MR) is 56.3 cm³/mol. The number of hydrogen-bond donors (Lipinski definition) is 1. The zero-order chi connectivity index (χ0) is 10.7. The first kappa shape index (κ1) is 9.33. The molecule has 0 radical (unpaired) electrons. The van der Waals surface area contributed by atoms with Crippen LogP contribution in [0.3, 0.4) is 0 Å². The molecule has 74 valence electrons. The summed E-state index contributed by atoms with van der Waals surface area (Å²) in [5.41, 5.74) is 6.56. The van der Waals surface area contributed by atoms with Crippen molar-refractivity contribution in [1.82, 2.24) is 9.97 Å². The highest BCUT2D eigenvalue weighted by Gasteiger charge is 2.13. The lowest BCUT2D eigenvalue weighted by Crippen LogP contribution is -2.08. The van der Waals surface area contributed by atoms with Crippen molar-refractivity contribution >= 4 is 11.5 Å². The summed E-state index contributed by atoms with van der Waals surface area (Å²) >= 11 is 0. The Morgan fingerprint density at radius 1 is 1.07 bits per heavy atom. The molecule has 0 aliphatic rings. The van der Waals surface area contributed by atoms with E-state index in [0.717, 1.165) is 0 Å². The average molecular weight is 199 g/mol. The number of carbonyl (C=O) groups is 1. The lowest BCUT2D eigenvalue weighted by Gasteiger charge is -2.02. The molecule has 0 saturated carbocycles. The van der Waals surface area contributed by atoms with Crippen LogP contribution in [0.2, 0.25) is 0 Å². The van der Waals surface area contributed by atoms with Gasteiger partial charge in [0.2, 0.25) is 11.6 Å². The summed E-state index contributed by atoms with van der Waals surface area (Å²) in [4.78, 5) is 19.6. The van der Waals surface area contributed by atoms with Crippen molar-refractivity contribution in [3.05, 3.63) is 54.1 Å². The third kappa shape index (κ3) is 1.83. The van der Waals surface area contributed by atoms with Crippen LogP contribution in [-0.4, -0.2) is 15.8 Å². The van der Waals surface area contributed by atoms with Crippen molar-refractivity contribution < 1.29 is 4.79 Å². The van der Waals surface area contributed by atoms with E-state index in [9.17, 15) is 4.79 Å². The number of para-hydroxylation sites is 1. The average Bonchev–Trinajstić information content (AvgIpc) is 2.30. The van der Waals surface area contributed by atoms with Crippen LogP contribution >= 0.6 is 0 Å². The monoisotopic (exact) mass is 199 g/mol. The zero-order valence-electron chi connectivity index (χ0n) is 7.92. The molecule has 4 nitrogen and oxygen atoms in total. The fraction of sp³-hybridized carbons (Fsp3) is 0. The van der Waals surface area contributed by atoms with Crippen LogP contribution in [0.15, 0.2) is 42.7 Å². The van der Waals surface area contributed by atoms with E-state index in [1.165, 1.54) is 12.4 Å². The minimum absolute atomic E-state index is 0.162. The van der Waals surface area contributed by atoms with Gasteiger partial charge in [0.25, 0.3) is 0 Å². The zero-order valence-corrected chi connectivity index (χ0v) is 7.92. The highest BCUT2D eigenvalue weighted by atomic mass is 16.1. The molecule has 2 aromatic rings. The molecular formula is C11H9N3O. The fourth-order valence-electron chi connectivity index (χ4n) is 1.24. The van der Waals surface area contributed by atoms with Crippen molar-refractivity contribution in [2.75, 3.05) is 5.73 Å². The molecule has 0 aliphatic heterocycles. The highest BCUT2D eigenvalue weighted by molar-refractivity contribution is 6.09. The minimum Gasteiger partial charge on any atom is -0.398 e. The van der Waals surface area contributed by atoms with Crippen LogP contribution in [0.5, 0.6) is 0 Å². The molecule has 0 fully saturated rings. The number of carbonyl (C=O) groups excluding carboxylic acids is 1. The van der Waals surface area contributed by atoms with Crippen LogP contribution in [0.1, 0.15) is 16.2 Å². The Hall–Kier alpha value is -2.23. The first-order valence-corrected chi connectivity index (χ1v) is 4.45. The van der Waals surface area contributed by atoms with Crippen LogP contribution in [-0.2, 0) is 0 Å². The molecule has 1 aromatic carbocycles. The molecule has 0 atom stereocenters. The summed E-state index contributed by atoms with van der Waals surface area (Å²) in [7, 11) is 0. The molecule has 1 heterocycles. The number of aromatic nitrogens is 2. The van der Waals surface area contributed by atoms with E-state index in [-0.39, 0.29) is 11.6 Å². The molecule has 2 rings (SSSR count). The molecule has 0 amide bonds. The lowest BCUT2D eigenvalue weighted by molar-refractivity contribution is 0.103. The van der Waals surface area contributed by atoms with Gasteiger partial charge in [0.05, 0.1) is 0 Å². The molecule has 2 N–H and O–H groups in total. The largest absolute Gasteiger partial charge is 0.398 e. The Kier molecular flexibility index (Phi) is 2.41. The third-order valence-corrected chi connectivity index (χ3v) is 1.97. The molecule has 0 bridgehead atoms. The SMILES string of the molecule is Nc1ccccc1C(=O)c1ncccn1. The van der Waals surface area contributed by atoms with Crippen LogP contribution in [0.4, 0.5) is 5.69 Å². The second-order valence-electron chi connectivity index (χ2n) is 2.99. The van der Waals surface area contributed by atoms with Gasteiger partial charge in [-0.2, -0.15) is 0 Å². The molecule has 0 spiro atoms. The molecule has 4 heteroatoms. The van der Waals surface area contributed by atoms with E-state index in [0.29, 0.717) is 11.3 Å². The van der Waals surface area contributed by atoms with Crippen molar-refractivity contribution in [2.24, 2.45) is 0 Å². The molecule has 0 saturated heterocycles. The predicted octanol–water partition coefficient (Wildman–Crippen LogP) is 1.29. The Labute approximate surface area is 86.8 Å². The lowest BCUT2D eigenvalue weighted by atomic mass is 10.1. The molecule has 0 unspecified atom stereocenters. The van der Waals surface area contributed by atoms with Crippen LogP contribution in [0, 0.1) is 0 Å².